The Morgan fingerprint density at radius 3 is 2.48 bits per heavy atom. The van der Waals surface area contributed by atoms with Gasteiger partial charge in [0.05, 0.1) is 13.3 Å². The van der Waals surface area contributed by atoms with Crippen molar-refractivity contribution in [3.8, 4) is 28.4 Å². The van der Waals surface area contributed by atoms with Crippen molar-refractivity contribution in [2.75, 3.05) is 13.7 Å². The number of amides is 1. The standard InChI is InChI=1S/C22H19ClN2O4/c1-28-20-12-18(23)11-17(22(20)27)13-24-25-21(26)14-29-19-9-7-16(8-10-19)15-5-3-2-4-6-15/h2-13,27H,14H2,1H3,(H,25,26)/b24-13+. The maximum atomic E-state index is 11.9. The maximum absolute atomic E-state index is 11.9. The van der Waals surface area contributed by atoms with Gasteiger partial charge in [0.1, 0.15) is 5.75 Å². The average Bonchev–Trinajstić information content (AvgIpc) is 2.75. The Bertz CT molecular complexity index is 1010. The Morgan fingerprint density at radius 2 is 1.79 bits per heavy atom. The second-order valence-corrected chi connectivity index (χ2v) is 6.45. The van der Waals surface area contributed by atoms with Crippen molar-refractivity contribution in [2.24, 2.45) is 5.10 Å². The molecule has 0 aromatic heterocycles. The number of hydrazone groups is 1. The number of benzene rings is 3. The Kier molecular flexibility index (Phi) is 6.71. The highest BCUT2D eigenvalue weighted by Gasteiger charge is 2.08. The number of nitrogens with one attached hydrogen (secondary N) is 1. The third-order valence-corrected chi connectivity index (χ3v) is 4.23. The van der Waals surface area contributed by atoms with E-state index in [1.807, 2.05) is 42.5 Å². The van der Waals surface area contributed by atoms with Gasteiger partial charge in [-0.2, -0.15) is 5.10 Å². The molecule has 0 radical (unpaired) electrons. The summed E-state index contributed by atoms with van der Waals surface area (Å²) in [6, 6.07) is 20.4. The van der Waals surface area contributed by atoms with Crippen molar-refractivity contribution in [3.05, 3.63) is 77.3 Å². The molecule has 3 aromatic carbocycles. The number of carbonyl (C=O) groups is 1. The summed E-state index contributed by atoms with van der Waals surface area (Å²) in [5, 5.41) is 14.2. The molecule has 0 saturated carbocycles. The SMILES string of the molecule is COc1cc(Cl)cc(/C=N/NC(=O)COc2ccc(-c3ccccc3)cc2)c1O. The number of hydrogen-bond donors (Lipinski definition) is 2. The smallest absolute Gasteiger partial charge is 0.277 e. The molecule has 3 aromatic rings. The summed E-state index contributed by atoms with van der Waals surface area (Å²) in [5.74, 6) is 0.222. The third-order valence-electron chi connectivity index (χ3n) is 4.01. The van der Waals surface area contributed by atoms with Gasteiger partial charge in [0.2, 0.25) is 0 Å². The lowest BCUT2D eigenvalue weighted by atomic mass is 10.1. The van der Waals surface area contributed by atoms with Crippen molar-refractivity contribution in [3.63, 3.8) is 0 Å². The number of phenolic OH excluding ortho intramolecular Hbond substituents is 1. The molecule has 6 nitrogen and oxygen atoms in total. The first-order valence-corrected chi connectivity index (χ1v) is 9.11. The van der Waals surface area contributed by atoms with Gasteiger partial charge in [0.25, 0.3) is 5.91 Å². The van der Waals surface area contributed by atoms with E-state index in [9.17, 15) is 9.90 Å². The number of carbonyl (C=O) groups excluding carboxylic acids is 1. The molecule has 0 unspecified atom stereocenters. The van der Waals surface area contributed by atoms with Crippen molar-refractivity contribution in [1.82, 2.24) is 5.43 Å². The number of hydrogen-bond acceptors (Lipinski definition) is 5. The van der Waals surface area contributed by atoms with Gasteiger partial charge in [-0.1, -0.05) is 54.1 Å². The Balaban J connectivity index is 1.53. The van der Waals surface area contributed by atoms with Gasteiger partial charge in [-0.3, -0.25) is 4.79 Å². The number of ether oxygens (including phenoxy) is 2. The van der Waals surface area contributed by atoms with Crippen molar-refractivity contribution in [2.45, 2.75) is 0 Å². The summed E-state index contributed by atoms with van der Waals surface area (Å²) < 4.78 is 10.5. The minimum atomic E-state index is -0.443. The molecular weight excluding hydrogens is 392 g/mol. The van der Waals surface area contributed by atoms with Crippen molar-refractivity contribution < 1.29 is 19.4 Å². The minimum absolute atomic E-state index is 0.121. The average molecular weight is 411 g/mol. The molecule has 0 aliphatic rings. The van der Waals surface area contributed by atoms with Crippen LogP contribution in [0.2, 0.25) is 5.02 Å². The largest absolute Gasteiger partial charge is 0.504 e. The normalized spacial score (nSPS) is 10.7. The fourth-order valence-corrected chi connectivity index (χ4v) is 2.79. The van der Waals surface area contributed by atoms with Crippen LogP contribution in [0, 0.1) is 0 Å². The van der Waals surface area contributed by atoms with E-state index in [1.54, 1.807) is 12.1 Å². The first-order chi connectivity index (χ1) is 14.1. The molecule has 0 saturated heterocycles. The number of nitrogens with zero attached hydrogens (tertiary/aromatic N) is 1. The van der Waals surface area contributed by atoms with Crippen LogP contribution in [0.15, 0.2) is 71.8 Å². The van der Waals surface area contributed by atoms with Crippen molar-refractivity contribution >= 4 is 23.7 Å². The van der Waals surface area contributed by atoms with Gasteiger partial charge in [0.15, 0.2) is 18.1 Å². The topological polar surface area (TPSA) is 80.2 Å². The second kappa shape index (κ2) is 9.61. The highest BCUT2D eigenvalue weighted by atomic mass is 35.5. The molecule has 29 heavy (non-hydrogen) atoms. The third kappa shape index (κ3) is 5.49. The van der Waals surface area contributed by atoms with Crippen LogP contribution in [0.3, 0.4) is 0 Å². The van der Waals surface area contributed by atoms with E-state index in [1.165, 1.54) is 25.5 Å². The van der Waals surface area contributed by atoms with Gasteiger partial charge < -0.3 is 14.6 Å². The fourth-order valence-electron chi connectivity index (χ4n) is 2.58. The van der Waals surface area contributed by atoms with E-state index < -0.39 is 5.91 Å². The Hall–Kier alpha value is -3.51. The Labute approximate surface area is 173 Å². The number of methoxy groups -OCH3 is 1. The zero-order valence-electron chi connectivity index (χ0n) is 15.6. The number of phenols is 1. The van der Waals surface area contributed by atoms with Gasteiger partial charge in [0, 0.05) is 16.7 Å². The molecule has 0 aliphatic heterocycles. The molecule has 0 spiro atoms. The first kappa shape index (κ1) is 20.2. The molecule has 1 amide bonds. The first-order valence-electron chi connectivity index (χ1n) is 8.73. The lowest BCUT2D eigenvalue weighted by molar-refractivity contribution is -0.123. The lowest BCUT2D eigenvalue weighted by Crippen LogP contribution is -2.24. The Morgan fingerprint density at radius 1 is 1.10 bits per heavy atom. The van der Waals surface area contributed by atoms with E-state index in [4.69, 9.17) is 21.1 Å². The molecule has 7 heteroatoms. The summed E-state index contributed by atoms with van der Waals surface area (Å²) in [7, 11) is 1.41. The minimum Gasteiger partial charge on any atom is -0.504 e. The van der Waals surface area contributed by atoms with Crippen LogP contribution in [0.25, 0.3) is 11.1 Å². The van der Waals surface area contributed by atoms with E-state index in [2.05, 4.69) is 10.5 Å². The van der Waals surface area contributed by atoms with Gasteiger partial charge in [-0.25, -0.2) is 5.43 Å². The molecular formula is C22H19ClN2O4. The number of halogens is 1. The van der Waals surface area contributed by atoms with Crippen LogP contribution in [0.4, 0.5) is 0 Å². The summed E-state index contributed by atoms with van der Waals surface area (Å²) >= 11 is 5.95. The lowest BCUT2D eigenvalue weighted by Gasteiger charge is -2.07. The van der Waals surface area contributed by atoms with Gasteiger partial charge >= 0.3 is 0 Å². The number of aromatic hydroxyl groups is 1. The quantitative estimate of drug-likeness (QED) is 0.450. The van der Waals surface area contributed by atoms with Crippen LogP contribution >= 0.6 is 11.6 Å². The molecule has 0 atom stereocenters. The van der Waals surface area contributed by atoms with Crippen LogP contribution in [0.1, 0.15) is 5.56 Å². The maximum Gasteiger partial charge on any atom is 0.277 e. The summed E-state index contributed by atoms with van der Waals surface area (Å²) in [4.78, 5) is 11.9. The number of rotatable bonds is 7. The van der Waals surface area contributed by atoms with Crippen molar-refractivity contribution in [1.29, 1.82) is 0 Å². The van der Waals surface area contributed by atoms with E-state index in [0.29, 0.717) is 16.3 Å². The van der Waals surface area contributed by atoms with Gasteiger partial charge in [-0.15, -0.1) is 0 Å². The molecule has 2 N–H and O–H groups in total. The summed E-state index contributed by atoms with van der Waals surface area (Å²) in [6.07, 6.45) is 1.27. The highest BCUT2D eigenvalue weighted by Crippen LogP contribution is 2.32. The predicted octanol–water partition coefficient (Wildman–Crippen LogP) is 4.25. The fraction of sp³-hybridized carbons (Fsp3) is 0.0909. The zero-order chi connectivity index (χ0) is 20.6. The molecule has 3 rings (SSSR count). The monoisotopic (exact) mass is 410 g/mol. The summed E-state index contributed by atoms with van der Waals surface area (Å²) in [5.41, 5.74) is 4.81. The van der Waals surface area contributed by atoms with Crippen LogP contribution in [0.5, 0.6) is 17.2 Å². The van der Waals surface area contributed by atoms with E-state index >= 15 is 0 Å². The molecule has 0 bridgehead atoms. The summed E-state index contributed by atoms with van der Waals surface area (Å²) in [6.45, 7) is -0.202. The second-order valence-electron chi connectivity index (χ2n) is 6.02. The van der Waals surface area contributed by atoms with Gasteiger partial charge in [-0.05, 0) is 29.3 Å². The molecule has 0 heterocycles. The predicted molar refractivity (Wildman–Crippen MR) is 113 cm³/mol. The molecule has 148 valence electrons. The van der Waals surface area contributed by atoms with E-state index in [0.717, 1.165) is 11.1 Å². The highest BCUT2D eigenvalue weighted by molar-refractivity contribution is 6.31. The van der Waals surface area contributed by atoms with Crippen LogP contribution in [-0.4, -0.2) is 30.9 Å². The van der Waals surface area contributed by atoms with Crippen LogP contribution < -0.4 is 14.9 Å². The zero-order valence-corrected chi connectivity index (χ0v) is 16.4. The molecule has 0 fully saturated rings. The molecule has 0 aliphatic carbocycles. The van der Waals surface area contributed by atoms with E-state index in [-0.39, 0.29) is 18.1 Å². The van der Waals surface area contributed by atoms with Crippen LogP contribution in [-0.2, 0) is 4.79 Å².